The monoisotopic (exact) mass is 341 g/mol. The van der Waals surface area contributed by atoms with Gasteiger partial charge in [0.15, 0.2) is 0 Å². The molecule has 0 aliphatic carbocycles. The Morgan fingerprint density at radius 1 is 1.33 bits per heavy atom. The first kappa shape index (κ1) is 16.4. The number of thiophene rings is 1. The molecular weight excluding hydrogens is 322 g/mol. The topological polar surface area (TPSA) is 64.0 Å². The van der Waals surface area contributed by atoms with Crippen LogP contribution in [-0.2, 0) is 11.3 Å². The highest BCUT2D eigenvalue weighted by molar-refractivity contribution is 7.16. The van der Waals surface area contributed by atoms with Gasteiger partial charge in [-0.3, -0.25) is 14.2 Å². The van der Waals surface area contributed by atoms with Gasteiger partial charge in [0.05, 0.1) is 17.8 Å². The maximum atomic E-state index is 12.3. The SMILES string of the molecule is Cc1ccccc1C(C)NC(=O)CCn1cnc2sccc2c1=O. The molecule has 0 saturated carbocycles. The predicted octanol–water partition coefficient (Wildman–Crippen LogP) is 3.03. The minimum Gasteiger partial charge on any atom is -0.350 e. The van der Waals surface area contributed by atoms with Gasteiger partial charge in [0, 0.05) is 13.0 Å². The molecule has 1 aromatic carbocycles. The van der Waals surface area contributed by atoms with Crippen molar-refractivity contribution < 1.29 is 4.79 Å². The van der Waals surface area contributed by atoms with Crippen molar-refractivity contribution in [1.82, 2.24) is 14.9 Å². The molecule has 0 spiro atoms. The molecule has 1 atom stereocenters. The highest BCUT2D eigenvalue weighted by Crippen LogP contribution is 2.17. The summed E-state index contributed by atoms with van der Waals surface area (Å²) in [5.41, 5.74) is 2.15. The fourth-order valence-electron chi connectivity index (χ4n) is 2.74. The molecule has 2 aromatic heterocycles. The van der Waals surface area contributed by atoms with E-state index in [4.69, 9.17) is 0 Å². The van der Waals surface area contributed by atoms with Gasteiger partial charge >= 0.3 is 0 Å². The molecule has 0 saturated heterocycles. The van der Waals surface area contributed by atoms with Gasteiger partial charge in [0.1, 0.15) is 4.83 Å². The third-order valence-corrected chi connectivity index (χ3v) is 4.88. The lowest BCUT2D eigenvalue weighted by Gasteiger charge is -2.16. The summed E-state index contributed by atoms with van der Waals surface area (Å²) >= 11 is 1.44. The number of carbonyl (C=O) groups excluding carboxylic acids is 1. The second-order valence-corrected chi connectivity index (χ2v) is 6.67. The van der Waals surface area contributed by atoms with Crippen molar-refractivity contribution in [2.24, 2.45) is 0 Å². The zero-order chi connectivity index (χ0) is 17.1. The van der Waals surface area contributed by atoms with Crippen LogP contribution < -0.4 is 10.9 Å². The van der Waals surface area contributed by atoms with Gasteiger partial charge in [-0.2, -0.15) is 0 Å². The van der Waals surface area contributed by atoms with Crippen LogP contribution in [0.25, 0.3) is 10.2 Å². The summed E-state index contributed by atoms with van der Waals surface area (Å²) in [4.78, 5) is 29.5. The van der Waals surface area contributed by atoms with Crippen LogP contribution >= 0.6 is 11.3 Å². The molecule has 124 valence electrons. The first-order chi connectivity index (χ1) is 11.6. The highest BCUT2D eigenvalue weighted by atomic mass is 32.1. The number of benzene rings is 1. The number of hydrogen-bond acceptors (Lipinski definition) is 4. The number of nitrogens with one attached hydrogen (secondary N) is 1. The molecule has 3 rings (SSSR count). The quantitative estimate of drug-likeness (QED) is 0.776. The van der Waals surface area contributed by atoms with Gasteiger partial charge in [-0.15, -0.1) is 11.3 Å². The predicted molar refractivity (Wildman–Crippen MR) is 96.2 cm³/mol. The van der Waals surface area contributed by atoms with E-state index in [1.165, 1.54) is 22.2 Å². The molecule has 0 radical (unpaired) electrons. The van der Waals surface area contributed by atoms with Crippen molar-refractivity contribution in [3.05, 3.63) is 63.5 Å². The second-order valence-electron chi connectivity index (χ2n) is 5.78. The van der Waals surface area contributed by atoms with Crippen LogP contribution in [0.3, 0.4) is 0 Å². The molecule has 24 heavy (non-hydrogen) atoms. The van der Waals surface area contributed by atoms with E-state index in [-0.39, 0.29) is 23.9 Å². The van der Waals surface area contributed by atoms with E-state index >= 15 is 0 Å². The van der Waals surface area contributed by atoms with Crippen molar-refractivity contribution in [2.75, 3.05) is 0 Å². The molecule has 1 N–H and O–H groups in total. The minimum absolute atomic E-state index is 0.0621. The van der Waals surface area contributed by atoms with Gasteiger partial charge in [-0.05, 0) is 36.4 Å². The van der Waals surface area contributed by atoms with Crippen molar-refractivity contribution in [1.29, 1.82) is 0 Å². The number of amides is 1. The lowest BCUT2D eigenvalue weighted by atomic mass is 10.0. The number of hydrogen-bond donors (Lipinski definition) is 1. The number of nitrogens with zero attached hydrogens (tertiary/aromatic N) is 2. The fourth-order valence-corrected chi connectivity index (χ4v) is 3.46. The van der Waals surface area contributed by atoms with E-state index in [1.54, 1.807) is 6.07 Å². The van der Waals surface area contributed by atoms with E-state index in [0.29, 0.717) is 11.9 Å². The number of aromatic nitrogens is 2. The van der Waals surface area contributed by atoms with Gasteiger partial charge in [0.2, 0.25) is 5.91 Å². The highest BCUT2D eigenvalue weighted by Gasteiger charge is 2.12. The summed E-state index contributed by atoms with van der Waals surface area (Å²) in [6, 6.07) is 9.69. The number of fused-ring (bicyclic) bond motifs is 1. The molecule has 1 amide bonds. The number of rotatable bonds is 5. The van der Waals surface area contributed by atoms with Gasteiger partial charge in [-0.1, -0.05) is 24.3 Å². The van der Waals surface area contributed by atoms with Crippen LogP contribution in [0.2, 0.25) is 0 Å². The third-order valence-electron chi connectivity index (χ3n) is 4.06. The molecule has 3 aromatic rings. The van der Waals surface area contributed by atoms with E-state index < -0.39 is 0 Å². The Morgan fingerprint density at radius 2 is 2.12 bits per heavy atom. The normalized spacial score (nSPS) is 12.2. The van der Waals surface area contributed by atoms with Crippen LogP contribution in [0, 0.1) is 6.92 Å². The summed E-state index contributed by atoms with van der Waals surface area (Å²) in [6.07, 6.45) is 1.76. The van der Waals surface area contributed by atoms with Crippen molar-refractivity contribution >= 4 is 27.5 Å². The summed E-state index contributed by atoms with van der Waals surface area (Å²) in [7, 11) is 0. The third kappa shape index (κ3) is 3.38. The molecule has 0 fully saturated rings. The summed E-state index contributed by atoms with van der Waals surface area (Å²) in [5.74, 6) is -0.0805. The summed E-state index contributed by atoms with van der Waals surface area (Å²) in [6.45, 7) is 4.31. The lowest BCUT2D eigenvalue weighted by molar-refractivity contribution is -0.121. The van der Waals surface area contributed by atoms with Gasteiger partial charge in [-0.25, -0.2) is 4.98 Å². The fraction of sp³-hybridized carbons (Fsp3) is 0.278. The molecule has 0 bridgehead atoms. The minimum atomic E-state index is -0.0963. The Kier molecular flexibility index (Phi) is 4.76. The molecule has 1 unspecified atom stereocenters. The van der Waals surface area contributed by atoms with Gasteiger partial charge < -0.3 is 5.32 Å². The Bertz CT molecular complexity index is 929. The van der Waals surface area contributed by atoms with E-state index in [1.807, 2.05) is 43.5 Å². The van der Waals surface area contributed by atoms with Crippen molar-refractivity contribution in [3.8, 4) is 0 Å². The zero-order valence-electron chi connectivity index (χ0n) is 13.7. The molecule has 2 heterocycles. The van der Waals surface area contributed by atoms with Crippen molar-refractivity contribution in [2.45, 2.75) is 32.9 Å². The first-order valence-electron chi connectivity index (χ1n) is 7.84. The standard InChI is InChI=1S/C18H19N3O2S/c1-12-5-3-4-6-14(12)13(2)20-16(22)7-9-21-11-19-17-15(18(21)23)8-10-24-17/h3-6,8,10-11,13H,7,9H2,1-2H3,(H,20,22). The van der Waals surface area contributed by atoms with Crippen LogP contribution in [0.4, 0.5) is 0 Å². The second kappa shape index (κ2) is 6.97. The average molecular weight is 341 g/mol. The van der Waals surface area contributed by atoms with E-state index in [2.05, 4.69) is 10.3 Å². The largest absolute Gasteiger partial charge is 0.350 e. The molecule has 6 heteroatoms. The average Bonchev–Trinajstić information content (AvgIpc) is 3.04. The maximum absolute atomic E-state index is 12.3. The van der Waals surface area contributed by atoms with Crippen LogP contribution in [0.5, 0.6) is 0 Å². The number of aryl methyl sites for hydroxylation is 2. The molecular formula is C18H19N3O2S. The van der Waals surface area contributed by atoms with Crippen molar-refractivity contribution in [3.63, 3.8) is 0 Å². The van der Waals surface area contributed by atoms with E-state index in [0.717, 1.165) is 16.0 Å². The Morgan fingerprint density at radius 3 is 2.92 bits per heavy atom. The van der Waals surface area contributed by atoms with Crippen LogP contribution in [-0.4, -0.2) is 15.5 Å². The Labute approximate surface area is 144 Å². The zero-order valence-corrected chi connectivity index (χ0v) is 14.5. The number of carbonyl (C=O) groups is 1. The molecule has 0 aliphatic rings. The lowest BCUT2D eigenvalue weighted by Crippen LogP contribution is -2.29. The summed E-state index contributed by atoms with van der Waals surface area (Å²) in [5, 5.41) is 5.44. The van der Waals surface area contributed by atoms with Gasteiger partial charge in [0.25, 0.3) is 5.56 Å². The molecule has 0 aliphatic heterocycles. The Balaban J connectivity index is 1.64. The van der Waals surface area contributed by atoms with E-state index in [9.17, 15) is 9.59 Å². The van der Waals surface area contributed by atoms with Crippen LogP contribution in [0.1, 0.15) is 30.5 Å². The maximum Gasteiger partial charge on any atom is 0.262 e. The van der Waals surface area contributed by atoms with Crippen LogP contribution in [0.15, 0.2) is 46.8 Å². The summed E-state index contributed by atoms with van der Waals surface area (Å²) < 4.78 is 1.49. The molecule has 5 nitrogen and oxygen atoms in total. The first-order valence-corrected chi connectivity index (χ1v) is 8.72. The smallest absolute Gasteiger partial charge is 0.262 e. The Hall–Kier alpha value is -2.47.